The summed E-state index contributed by atoms with van der Waals surface area (Å²) in [4.78, 5) is 4.26. The first kappa shape index (κ1) is 8.04. The Morgan fingerprint density at radius 2 is 2.50 bits per heavy atom. The van der Waals surface area contributed by atoms with Gasteiger partial charge in [0.1, 0.15) is 0 Å². The van der Waals surface area contributed by atoms with Crippen LogP contribution in [0.3, 0.4) is 0 Å². The fraction of sp³-hybridized carbons (Fsp3) is 0.417. The molecule has 14 heavy (non-hydrogen) atoms. The molecule has 2 heterocycles. The molecule has 1 saturated carbocycles. The van der Waals surface area contributed by atoms with Crippen LogP contribution in [0.2, 0.25) is 0 Å². The van der Waals surface area contributed by atoms with E-state index in [0.29, 0.717) is 0 Å². The highest BCUT2D eigenvalue weighted by atomic mass is 15.0. The Bertz CT molecular complexity index is 400. The summed E-state index contributed by atoms with van der Waals surface area (Å²) in [5.74, 6) is 0.801. The molecule has 0 radical (unpaired) electrons. The standard InChI is InChI=1S/C12H14N2.H2/c1-2-8-3-10(7-13-6-8)12-5-9-4-11(9)14-12;/h3,5-7,9,11,14H,2,4H2,1H3;1H. The molecule has 0 bridgehead atoms. The summed E-state index contributed by atoms with van der Waals surface area (Å²) in [6, 6.07) is 2.96. The number of rotatable bonds is 2. The number of hydrogen-bond acceptors (Lipinski definition) is 2. The largest absolute Gasteiger partial charge is 0.381 e. The Kier molecular flexibility index (Phi) is 1.63. The van der Waals surface area contributed by atoms with Crippen molar-refractivity contribution in [1.82, 2.24) is 10.3 Å². The second kappa shape index (κ2) is 2.84. The maximum Gasteiger partial charge on any atom is 0.0394 e. The van der Waals surface area contributed by atoms with Crippen LogP contribution in [-0.4, -0.2) is 11.0 Å². The third-order valence-corrected chi connectivity index (χ3v) is 3.08. The van der Waals surface area contributed by atoms with Gasteiger partial charge in [-0.05, 0) is 24.5 Å². The zero-order valence-corrected chi connectivity index (χ0v) is 8.33. The van der Waals surface area contributed by atoms with E-state index in [9.17, 15) is 0 Å². The van der Waals surface area contributed by atoms with Gasteiger partial charge in [0.25, 0.3) is 0 Å². The normalized spacial score (nSPS) is 27.9. The van der Waals surface area contributed by atoms with Gasteiger partial charge >= 0.3 is 0 Å². The van der Waals surface area contributed by atoms with Crippen molar-refractivity contribution in [3.63, 3.8) is 0 Å². The summed E-state index contributed by atoms with van der Waals surface area (Å²) in [6.45, 7) is 2.16. The number of pyridine rings is 1. The molecule has 2 unspecified atom stereocenters. The van der Waals surface area contributed by atoms with Crippen LogP contribution in [0.15, 0.2) is 24.5 Å². The maximum absolute atomic E-state index is 4.26. The lowest BCUT2D eigenvalue weighted by Gasteiger charge is -2.07. The van der Waals surface area contributed by atoms with Crippen LogP contribution in [0.5, 0.6) is 0 Å². The predicted octanol–water partition coefficient (Wildman–Crippen LogP) is 2.22. The molecule has 74 valence electrons. The molecule has 1 aromatic rings. The van der Waals surface area contributed by atoms with Crippen molar-refractivity contribution in [1.29, 1.82) is 0 Å². The lowest BCUT2D eigenvalue weighted by Crippen LogP contribution is -2.11. The molecular weight excluding hydrogens is 172 g/mol. The first-order valence-electron chi connectivity index (χ1n) is 5.29. The summed E-state index contributed by atoms with van der Waals surface area (Å²) in [5, 5.41) is 3.52. The van der Waals surface area contributed by atoms with Crippen LogP contribution in [-0.2, 0) is 6.42 Å². The fourth-order valence-corrected chi connectivity index (χ4v) is 2.03. The Morgan fingerprint density at radius 1 is 1.57 bits per heavy atom. The quantitative estimate of drug-likeness (QED) is 0.769. The van der Waals surface area contributed by atoms with Gasteiger partial charge in [0.15, 0.2) is 0 Å². The highest BCUT2D eigenvalue weighted by Crippen LogP contribution is 2.40. The SMILES string of the molecule is CCc1cncc(C2=CC3CC3N2)c1.[HH]. The Labute approximate surface area is 85.5 Å². The van der Waals surface area contributed by atoms with Gasteiger partial charge in [0.2, 0.25) is 0 Å². The first-order valence-corrected chi connectivity index (χ1v) is 5.29. The summed E-state index contributed by atoms with van der Waals surface area (Å²) < 4.78 is 0. The maximum atomic E-state index is 4.26. The number of aryl methyl sites for hydroxylation is 1. The third-order valence-electron chi connectivity index (χ3n) is 3.08. The van der Waals surface area contributed by atoms with E-state index in [1.165, 1.54) is 23.2 Å². The molecule has 0 spiro atoms. The number of nitrogens with one attached hydrogen (secondary N) is 1. The van der Waals surface area contributed by atoms with Gasteiger partial charge in [-0.2, -0.15) is 0 Å². The fourth-order valence-electron chi connectivity index (χ4n) is 2.03. The minimum Gasteiger partial charge on any atom is -0.381 e. The van der Waals surface area contributed by atoms with Crippen LogP contribution in [0.4, 0.5) is 0 Å². The Hall–Kier alpha value is -1.31. The molecule has 1 fully saturated rings. The molecule has 2 nitrogen and oxygen atoms in total. The van der Waals surface area contributed by atoms with Crippen molar-refractivity contribution in [3.8, 4) is 0 Å². The lowest BCUT2D eigenvalue weighted by atomic mass is 10.1. The average molecular weight is 188 g/mol. The number of nitrogens with zero attached hydrogens (tertiary/aromatic N) is 1. The molecule has 2 aliphatic rings. The van der Waals surface area contributed by atoms with E-state index in [0.717, 1.165) is 18.4 Å². The van der Waals surface area contributed by atoms with E-state index in [1.807, 2.05) is 12.4 Å². The number of fused-ring (bicyclic) bond motifs is 1. The van der Waals surface area contributed by atoms with Crippen LogP contribution in [0.25, 0.3) is 5.70 Å². The van der Waals surface area contributed by atoms with Gasteiger partial charge in [-0.1, -0.05) is 13.0 Å². The van der Waals surface area contributed by atoms with Crippen molar-refractivity contribution in [2.24, 2.45) is 5.92 Å². The molecule has 1 N–H and O–H groups in total. The van der Waals surface area contributed by atoms with Crippen molar-refractivity contribution in [2.45, 2.75) is 25.8 Å². The van der Waals surface area contributed by atoms with E-state index < -0.39 is 0 Å². The van der Waals surface area contributed by atoms with Crippen LogP contribution >= 0.6 is 0 Å². The second-order valence-corrected chi connectivity index (χ2v) is 4.17. The number of hydrogen-bond donors (Lipinski definition) is 1. The van der Waals surface area contributed by atoms with Gasteiger partial charge in [0, 0.05) is 37.0 Å². The monoisotopic (exact) mass is 188 g/mol. The zero-order chi connectivity index (χ0) is 9.54. The molecule has 3 rings (SSSR count). The molecule has 2 heteroatoms. The number of aromatic nitrogens is 1. The van der Waals surface area contributed by atoms with Crippen LogP contribution in [0.1, 0.15) is 25.9 Å². The summed E-state index contributed by atoms with van der Waals surface area (Å²) in [7, 11) is 0. The second-order valence-electron chi connectivity index (χ2n) is 4.17. The minimum atomic E-state index is 0. The van der Waals surface area contributed by atoms with Crippen molar-refractivity contribution >= 4 is 5.70 Å². The van der Waals surface area contributed by atoms with Crippen LogP contribution in [0, 0.1) is 5.92 Å². The third kappa shape index (κ3) is 1.22. The molecule has 0 aromatic carbocycles. The van der Waals surface area contributed by atoms with Gasteiger partial charge in [-0.3, -0.25) is 4.98 Å². The van der Waals surface area contributed by atoms with E-state index in [4.69, 9.17) is 0 Å². The van der Waals surface area contributed by atoms with E-state index in [-0.39, 0.29) is 1.43 Å². The van der Waals surface area contributed by atoms with E-state index in [2.05, 4.69) is 29.4 Å². The van der Waals surface area contributed by atoms with Crippen LogP contribution < -0.4 is 5.32 Å². The molecule has 0 saturated heterocycles. The molecule has 1 aliphatic carbocycles. The van der Waals surface area contributed by atoms with Gasteiger partial charge in [-0.15, -0.1) is 0 Å². The Morgan fingerprint density at radius 3 is 3.21 bits per heavy atom. The predicted molar refractivity (Wildman–Crippen MR) is 58.7 cm³/mol. The average Bonchev–Trinajstić information content (AvgIpc) is 2.86. The molecule has 1 aliphatic heterocycles. The van der Waals surface area contributed by atoms with Crippen molar-refractivity contribution in [2.75, 3.05) is 0 Å². The molecule has 1 aromatic heterocycles. The zero-order valence-electron chi connectivity index (χ0n) is 8.33. The highest BCUT2D eigenvalue weighted by Gasteiger charge is 2.40. The molecule has 2 atom stereocenters. The summed E-state index contributed by atoms with van der Waals surface area (Å²) >= 11 is 0. The first-order chi connectivity index (χ1) is 6.86. The lowest BCUT2D eigenvalue weighted by molar-refractivity contribution is 0.882. The summed E-state index contributed by atoms with van der Waals surface area (Å²) in [5.41, 5.74) is 3.84. The van der Waals surface area contributed by atoms with Gasteiger partial charge in [0.05, 0.1) is 0 Å². The topological polar surface area (TPSA) is 24.9 Å². The smallest absolute Gasteiger partial charge is 0.0394 e. The Balaban J connectivity index is 0.000000853. The molecular formula is C12H16N2. The summed E-state index contributed by atoms with van der Waals surface area (Å²) in [6.07, 6.45) is 8.62. The van der Waals surface area contributed by atoms with E-state index >= 15 is 0 Å². The van der Waals surface area contributed by atoms with Gasteiger partial charge < -0.3 is 5.32 Å². The highest BCUT2D eigenvalue weighted by molar-refractivity contribution is 5.68. The van der Waals surface area contributed by atoms with Crippen molar-refractivity contribution < 1.29 is 1.43 Å². The molecule has 0 amide bonds. The van der Waals surface area contributed by atoms with Crippen molar-refractivity contribution in [3.05, 3.63) is 35.7 Å². The van der Waals surface area contributed by atoms with Gasteiger partial charge in [-0.25, -0.2) is 0 Å². The minimum absolute atomic E-state index is 0. The van der Waals surface area contributed by atoms with E-state index in [1.54, 1.807) is 0 Å².